The number of tetrazole rings is 1. The lowest BCUT2D eigenvalue weighted by atomic mass is 10.0. The molecule has 0 fully saturated rings. The molecule has 8 heteroatoms. The van der Waals surface area contributed by atoms with Crippen LogP contribution >= 0.6 is 0 Å². The second-order valence-corrected chi connectivity index (χ2v) is 7.08. The summed E-state index contributed by atoms with van der Waals surface area (Å²) < 4.78 is 0. The number of aromatic nitrogens is 4. The zero-order valence-corrected chi connectivity index (χ0v) is 16.3. The van der Waals surface area contributed by atoms with Crippen molar-refractivity contribution in [3.8, 4) is 11.4 Å². The Hall–Kier alpha value is -3.55. The maximum atomic E-state index is 12.9. The molecule has 0 aliphatic carbocycles. The maximum absolute atomic E-state index is 12.9. The third-order valence-corrected chi connectivity index (χ3v) is 4.51. The number of amides is 1. The van der Waals surface area contributed by atoms with E-state index in [1.54, 1.807) is 0 Å². The van der Waals surface area contributed by atoms with Crippen LogP contribution in [-0.4, -0.2) is 43.2 Å². The Morgan fingerprint density at radius 3 is 2.24 bits per heavy atom. The van der Waals surface area contributed by atoms with Crippen LogP contribution in [0.15, 0.2) is 60.7 Å². The van der Waals surface area contributed by atoms with Gasteiger partial charge in [0, 0.05) is 12.0 Å². The van der Waals surface area contributed by atoms with Crippen LogP contribution in [0.25, 0.3) is 11.4 Å². The van der Waals surface area contributed by atoms with E-state index in [2.05, 4.69) is 20.7 Å². The molecule has 2 unspecified atom stereocenters. The number of rotatable bonds is 8. The van der Waals surface area contributed by atoms with Gasteiger partial charge < -0.3 is 10.4 Å². The van der Waals surface area contributed by atoms with Crippen molar-refractivity contribution in [2.45, 2.75) is 32.4 Å². The molecule has 0 aliphatic heterocycles. The summed E-state index contributed by atoms with van der Waals surface area (Å²) in [5.74, 6) is -1.32. The van der Waals surface area contributed by atoms with Gasteiger partial charge in [-0.15, -0.1) is 10.2 Å². The number of hydrogen-bond donors (Lipinski definition) is 2. The fourth-order valence-corrected chi connectivity index (χ4v) is 3.03. The molecule has 8 nitrogen and oxygen atoms in total. The molecule has 1 amide bonds. The second-order valence-electron chi connectivity index (χ2n) is 7.08. The van der Waals surface area contributed by atoms with Gasteiger partial charge in [0.25, 0.3) is 0 Å². The molecule has 0 saturated heterocycles. The van der Waals surface area contributed by atoms with Crippen molar-refractivity contribution in [1.29, 1.82) is 0 Å². The average molecular weight is 393 g/mol. The Balaban J connectivity index is 1.78. The van der Waals surface area contributed by atoms with Crippen LogP contribution < -0.4 is 5.32 Å². The highest BCUT2D eigenvalue weighted by Crippen LogP contribution is 2.19. The zero-order chi connectivity index (χ0) is 20.8. The van der Waals surface area contributed by atoms with Crippen molar-refractivity contribution >= 4 is 11.9 Å². The molecule has 0 aliphatic rings. The molecule has 2 aromatic carbocycles. The van der Waals surface area contributed by atoms with Gasteiger partial charge in [-0.05, 0) is 16.7 Å². The normalized spacial score (nSPS) is 13.1. The molecule has 150 valence electrons. The summed E-state index contributed by atoms with van der Waals surface area (Å²) in [6.07, 6.45) is 0.187. The minimum atomic E-state index is -1.10. The van der Waals surface area contributed by atoms with Gasteiger partial charge in [0.15, 0.2) is 6.04 Å². The average Bonchev–Trinajstić information content (AvgIpc) is 3.18. The van der Waals surface area contributed by atoms with Gasteiger partial charge >= 0.3 is 5.97 Å². The minimum absolute atomic E-state index is 0.168. The van der Waals surface area contributed by atoms with Crippen LogP contribution in [0.5, 0.6) is 0 Å². The van der Waals surface area contributed by atoms with Crippen molar-refractivity contribution in [2.75, 3.05) is 0 Å². The number of carbonyl (C=O) groups excluding carboxylic acids is 1. The highest BCUT2D eigenvalue weighted by atomic mass is 16.4. The molecule has 0 bridgehead atoms. The van der Waals surface area contributed by atoms with Gasteiger partial charge in [-0.3, -0.25) is 4.79 Å². The maximum Gasteiger partial charge on any atom is 0.326 e. The smallest absolute Gasteiger partial charge is 0.326 e. The fraction of sp³-hybridized carbons (Fsp3) is 0.286. The Morgan fingerprint density at radius 2 is 1.66 bits per heavy atom. The summed E-state index contributed by atoms with van der Waals surface area (Å²) in [4.78, 5) is 25.9. The van der Waals surface area contributed by atoms with Crippen LogP contribution in [0.2, 0.25) is 0 Å². The summed E-state index contributed by atoms with van der Waals surface area (Å²) in [6.45, 7) is 3.70. The van der Waals surface area contributed by atoms with Crippen LogP contribution in [0, 0.1) is 5.92 Å². The number of nitrogens with zero attached hydrogens (tertiary/aromatic N) is 4. The predicted molar refractivity (Wildman–Crippen MR) is 107 cm³/mol. The number of aliphatic carboxylic acids is 1. The highest BCUT2D eigenvalue weighted by molar-refractivity contribution is 5.86. The molecule has 2 N–H and O–H groups in total. The van der Waals surface area contributed by atoms with Crippen LogP contribution in [0.3, 0.4) is 0 Å². The molecule has 3 rings (SSSR count). The molecule has 1 heterocycles. The van der Waals surface area contributed by atoms with E-state index in [0.29, 0.717) is 5.82 Å². The third kappa shape index (κ3) is 5.04. The summed E-state index contributed by atoms with van der Waals surface area (Å²) >= 11 is 0. The fourth-order valence-electron chi connectivity index (χ4n) is 3.03. The molecular weight excluding hydrogens is 370 g/mol. The first-order valence-corrected chi connectivity index (χ1v) is 9.37. The van der Waals surface area contributed by atoms with E-state index >= 15 is 0 Å². The third-order valence-electron chi connectivity index (χ3n) is 4.51. The lowest BCUT2D eigenvalue weighted by Gasteiger charge is -2.22. The van der Waals surface area contributed by atoms with Gasteiger partial charge in [0.1, 0.15) is 6.04 Å². The molecular formula is C21H23N5O3. The predicted octanol–water partition coefficient (Wildman–Crippen LogP) is 2.35. The highest BCUT2D eigenvalue weighted by Gasteiger charge is 2.31. The second kappa shape index (κ2) is 9.09. The van der Waals surface area contributed by atoms with E-state index in [0.717, 1.165) is 11.1 Å². The largest absolute Gasteiger partial charge is 0.480 e. The minimum Gasteiger partial charge on any atom is -0.480 e. The molecule has 29 heavy (non-hydrogen) atoms. The summed E-state index contributed by atoms with van der Waals surface area (Å²) in [5.41, 5.74) is 1.61. The van der Waals surface area contributed by atoms with Gasteiger partial charge in [-0.1, -0.05) is 74.5 Å². The standard InChI is InChI=1S/C21H23N5O3/c1-14(2)18(26-24-19(23-25-26)16-11-7-4-8-12-16)20(27)22-17(21(28)29)13-15-9-5-3-6-10-15/h3-12,14,17-18H,13H2,1-2H3,(H,22,27)(H,28,29). The summed E-state index contributed by atoms with van der Waals surface area (Å²) in [7, 11) is 0. The zero-order valence-electron chi connectivity index (χ0n) is 16.3. The number of nitrogens with one attached hydrogen (secondary N) is 1. The van der Waals surface area contributed by atoms with Gasteiger partial charge in [-0.2, -0.15) is 4.80 Å². The van der Waals surface area contributed by atoms with Crippen LogP contribution in [0.1, 0.15) is 25.5 Å². The van der Waals surface area contributed by atoms with E-state index in [1.807, 2.05) is 74.5 Å². The number of carbonyl (C=O) groups is 2. The number of carboxylic acids is 1. The van der Waals surface area contributed by atoms with Crippen molar-refractivity contribution < 1.29 is 14.7 Å². The topological polar surface area (TPSA) is 110 Å². The molecule has 1 aromatic heterocycles. The van der Waals surface area contributed by atoms with Gasteiger partial charge in [0.05, 0.1) is 0 Å². The molecule has 0 saturated carbocycles. The van der Waals surface area contributed by atoms with Crippen molar-refractivity contribution in [1.82, 2.24) is 25.5 Å². The van der Waals surface area contributed by atoms with Crippen LogP contribution in [0.4, 0.5) is 0 Å². The lowest BCUT2D eigenvalue weighted by Crippen LogP contribution is -2.46. The molecule has 2 atom stereocenters. The van der Waals surface area contributed by atoms with Gasteiger partial charge in [0.2, 0.25) is 11.7 Å². The van der Waals surface area contributed by atoms with Crippen molar-refractivity contribution in [3.63, 3.8) is 0 Å². The van der Waals surface area contributed by atoms with Gasteiger partial charge in [-0.25, -0.2) is 4.79 Å². The first kappa shape index (κ1) is 20.2. The molecule has 0 radical (unpaired) electrons. The quantitative estimate of drug-likeness (QED) is 0.608. The summed E-state index contributed by atoms with van der Waals surface area (Å²) in [6, 6.07) is 16.7. The SMILES string of the molecule is CC(C)C(C(=O)NC(Cc1ccccc1)C(=O)O)n1nnc(-c2ccccc2)n1. The summed E-state index contributed by atoms with van der Waals surface area (Å²) in [5, 5.41) is 24.6. The first-order chi connectivity index (χ1) is 14.0. The van der Waals surface area contributed by atoms with Crippen molar-refractivity contribution in [3.05, 3.63) is 66.2 Å². The van der Waals surface area contributed by atoms with Crippen LogP contribution in [-0.2, 0) is 16.0 Å². The number of carboxylic acid groups (broad SMARTS) is 1. The van der Waals surface area contributed by atoms with E-state index in [4.69, 9.17) is 0 Å². The Kier molecular flexibility index (Phi) is 6.33. The Morgan fingerprint density at radius 1 is 1.03 bits per heavy atom. The number of hydrogen-bond acceptors (Lipinski definition) is 5. The monoisotopic (exact) mass is 393 g/mol. The van der Waals surface area contributed by atoms with E-state index in [1.165, 1.54) is 4.80 Å². The molecule has 0 spiro atoms. The molecule has 3 aromatic rings. The van der Waals surface area contributed by atoms with E-state index in [-0.39, 0.29) is 12.3 Å². The van der Waals surface area contributed by atoms with E-state index in [9.17, 15) is 14.7 Å². The first-order valence-electron chi connectivity index (χ1n) is 9.37. The van der Waals surface area contributed by atoms with Crippen molar-refractivity contribution in [2.24, 2.45) is 5.92 Å². The Bertz CT molecular complexity index is 957. The lowest BCUT2D eigenvalue weighted by molar-refractivity contribution is -0.142. The van der Waals surface area contributed by atoms with E-state index < -0.39 is 24.0 Å². The Labute approximate surface area is 168 Å². The number of benzene rings is 2.